The third-order valence-electron chi connectivity index (χ3n) is 5.01. The summed E-state index contributed by atoms with van der Waals surface area (Å²) in [5.41, 5.74) is 3.93. The average molecular weight is 429 g/mol. The standard InChI is InChI=1S/C25H23N3O4/c1-16-8-7-9-17(2)23(16)26-22(29)15-31-25(30)20-14-28(19-10-5-4-6-11-19)27-24(20)21-13-12-18(3)32-21/h4-14H,15H2,1-3H3,(H,26,29). The third kappa shape index (κ3) is 4.46. The predicted molar refractivity (Wildman–Crippen MR) is 121 cm³/mol. The molecule has 0 aliphatic rings. The number of rotatable bonds is 6. The number of hydrogen-bond donors (Lipinski definition) is 1. The molecule has 32 heavy (non-hydrogen) atoms. The number of anilines is 1. The van der Waals surface area contributed by atoms with Crippen molar-refractivity contribution in [2.45, 2.75) is 20.8 Å². The maximum absolute atomic E-state index is 12.9. The highest BCUT2D eigenvalue weighted by Crippen LogP contribution is 2.26. The lowest BCUT2D eigenvalue weighted by Crippen LogP contribution is -2.22. The first-order chi connectivity index (χ1) is 15.4. The van der Waals surface area contributed by atoms with E-state index < -0.39 is 18.5 Å². The Morgan fingerprint density at radius 1 is 0.969 bits per heavy atom. The average Bonchev–Trinajstić information content (AvgIpc) is 3.42. The van der Waals surface area contributed by atoms with Crippen molar-refractivity contribution in [1.82, 2.24) is 9.78 Å². The molecule has 2 aromatic heterocycles. The van der Waals surface area contributed by atoms with Crippen LogP contribution in [-0.4, -0.2) is 28.3 Å². The molecular weight excluding hydrogens is 406 g/mol. The number of ether oxygens (including phenoxy) is 1. The van der Waals surface area contributed by atoms with E-state index in [9.17, 15) is 9.59 Å². The summed E-state index contributed by atoms with van der Waals surface area (Å²) in [6.07, 6.45) is 1.58. The van der Waals surface area contributed by atoms with Crippen LogP contribution in [0.15, 0.2) is 71.3 Å². The highest BCUT2D eigenvalue weighted by atomic mass is 16.5. The van der Waals surface area contributed by atoms with Crippen LogP contribution in [0.3, 0.4) is 0 Å². The van der Waals surface area contributed by atoms with Gasteiger partial charge >= 0.3 is 5.97 Å². The number of nitrogens with zero attached hydrogens (tertiary/aromatic N) is 2. The number of aromatic nitrogens is 2. The number of furan rings is 1. The van der Waals surface area contributed by atoms with Gasteiger partial charge in [0, 0.05) is 11.9 Å². The fraction of sp³-hybridized carbons (Fsp3) is 0.160. The molecule has 0 saturated heterocycles. The first kappa shape index (κ1) is 21.1. The van der Waals surface area contributed by atoms with Crippen LogP contribution in [0.25, 0.3) is 17.1 Å². The zero-order chi connectivity index (χ0) is 22.7. The van der Waals surface area contributed by atoms with Crippen LogP contribution in [0.5, 0.6) is 0 Å². The van der Waals surface area contributed by atoms with E-state index in [-0.39, 0.29) is 5.56 Å². The fourth-order valence-corrected chi connectivity index (χ4v) is 3.38. The molecule has 2 aromatic carbocycles. The smallest absolute Gasteiger partial charge is 0.342 e. The Labute approximate surface area is 185 Å². The number of aryl methyl sites for hydroxylation is 3. The summed E-state index contributed by atoms with van der Waals surface area (Å²) in [7, 11) is 0. The molecule has 2 heterocycles. The lowest BCUT2D eigenvalue weighted by molar-refractivity contribution is -0.119. The van der Waals surface area contributed by atoms with Crippen LogP contribution in [-0.2, 0) is 9.53 Å². The number of nitrogens with one attached hydrogen (secondary N) is 1. The van der Waals surface area contributed by atoms with Crippen molar-refractivity contribution in [3.63, 3.8) is 0 Å². The molecule has 7 nitrogen and oxygen atoms in total. The summed E-state index contributed by atoms with van der Waals surface area (Å²) in [6, 6.07) is 18.7. The molecule has 0 aliphatic heterocycles. The van der Waals surface area contributed by atoms with Gasteiger partial charge in [-0.15, -0.1) is 0 Å². The molecule has 1 N–H and O–H groups in total. The molecule has 0 fully saturated rings. The Morgan fingerprint density at radius 3 is 2.34 bits per heavy atom. The molecule has 4 aromatic rings. The summed E-state index contributed by atoms with van der Waals surface area (Å²) in [5.74, 6) is 0.0696. The van der Waals surface area contributed by atoms with Gasteiger partial charge < -0.3 is 14.5 Å². The highest BCUT2D eigenvalue weighted by molar-refractivity contribution is 5.98. The highest BCUT2D eigenvalue weighted by Gasteiger charge is 2.23. The Bertz CT molecular complexity index is 1250. The first-order valence-electron chi connectivity index (χ1n) is 10.2. The zero-order valence-electron chi connectivity index (χ0n) is 18.1. The quantitative estimate of drug-likeness (QED) is 0.443. The number of esters is 1. The summed E-state index contributed by atoms with van der Waals surface area (Å²) >= 11 is 0. The van der Waals surface area contributed by atoms with Gasteiger partial charge in [0.05, 0.1) is 5.69 Å². The topological polar surface area (TPSA) is 86.4 Å². The van der Waals surface area contributed by atoms with Gasteiger partial charge in [-0.05, 0) is 56.2 Å². The van der Waals surface area contributed by atoms with E-state index in [4.69, 9.17) is 9.15 Å². The number of hydrogen-bond acceptors (Lipinski definition) is 5. The number of benzene rings is 2. The molecule has 1 amide bonds. The van der Waals surface area contributed by atoms with E-state index in [1.165, 1.54) is 0 Å². The van der Waals surface area contributed by atoms with Crippen LogP contribution in [0, 0.1) is 20.8 Å². The van der Waals surface area contributed by atoms with Gasteiger partial charge in [-0.1, -0.05) is 36.4 Å². The number of para-hydroxylation sites is 2. The van der Waals surface area contributed by atoms with Gasteiger partial charge in [-0.3, -0.25) is 4.79 Å². The first-order valence-corrected chi connectivity index (χ1v) is 10.2. The molecule has 0 bridgehead atoms. The third-order valence-corrected chi connectivity index (χ3v) is 5.01. The van der Waals surface area contributed by atoms with Crippen molar-refractivity contribution < 1.29 is 18.7 Å². The van der Waals surface area contributed by atoms with E-state index in [0.717, 1.165) is 22.5 Å². The SMILES string of the molecule is Cc1ccc(-c2nn(-c3ccccc3)cc2C(=O)OCC(=O)Nc2c(C)cccc2C)o1. The van der Waals surface area contributed by atoms with E-state index in [1.807, 2.05) is 69.3 Å². The minimum Gasteiger partial charge on any atom is -0.460 e. The second-order valence-electron chi connectivity index (χ2n) is 7.47. The van der Waals surface area contributed by atoms with Crippen LogP contribution in [0.1, 0.15) is 27.2 Å². The van der Waals surface area contributed by atoms with Crippen LogP contribution in [0.4, 0.5) is 5.69 Å². The second kappa shape index (κ2) is 8.93. The Kier molecular flexibility index (Phi) is 5.89. The van der Waals surface area contributed by atoms with E-state index in [1.54, 1.807) is 23.0 Å². The van der Waals surface area contributed by atoms with Gasteiger partial charge in [0.15, 0.2) is 12.4 Å². The van der Waals surface area contributed by atoms with Crippen molar-refractivity contribution in [2.24, 2.45) is 0 Å². The van der Waals surface area contributed by atoms with Crippen LogP contribution < -0.4 is 5.32 Å². The van der Waals surface area contributed by atoms with E-state index >= 15 is 0 Å². The minimum absolute atomic E-state index is 0.211. The summed E-state index contributed by atoms with van der Waals surface area (Å²) in [5, 5.41) is 7.34. The lowest BCUT2D eigenvalue weighted by atomic mass is 10.1. The predicted octanol–water partition coefficient (Wildman–Crippen LogP) is 4.85. The number of amides is 1. The monoisotopic (exact) mass is 429 g/mol. The molecule has 7 heteroatoms. The molecule has 162 valence electrons. The van der Waals surface area contributed by atoms with Crippen molar-refractivity contribution in [3.8, 4) is 17.1 Å². The van der Waals surface area contributed by atoms with E-state index in [0.29, 0.717) is 17.2 Å². The van der Waals surface area contributed by atoms with Crippen LogP contribution in [0.2, 0.25) is 0 Å². The number of carbonyl (C=O) groups excluding carboxylic acids is 2. The van der Waals surface area contributed by atoms with Gasteiger partial charge in [-0.25, -0.2) is 9.48 Å². The summed E-state index contributed by atoms with van der Waals surface area (Å²) < 4.78 is 12.6. The molecule has 0 unspecified atom stereocenters. The van der Waals surface area contributed by atoms with Crippen molar-refractivity contribution in [3.05, 3.63) is 89.3 Å². The van der Waals surface area contributed by atoms with Gasteiger partial charge in [0.1, 0.15) is 17.0 Å². The molecule has 0 atom stereocenters. The molecular formula is C25H23N3O4. The van der Waals surface area contributed by atoms with E-state index in [2.05, 4.69) is 10.4 Å². The second-order valence-corrected chi connectivity index (χ2v) is 7.47. The normalized spacial score (nSPS) is 10.7. The zero-order valence-corrected chi connectivity index (χ0v) is 18.1. The van der Waals surface area contributed by atoms with Crippen LogP contribution >= 0.6 is 0 Å². The minimum atomic E-state index is -0.659. The molecule has 4 rings (SSSR count). The summed E-state index contributed by atoms with van der Waals surface area (Å²) in [6.45, 7) is 5.21. The number of carbonyl (C=O) groups is 2. The molecule has 0 radical (unpaired) electrons. The lowest BCUT2D eigenvalue weighted by Gasteiger charge is -2.11. The Hall–Kier alpha value is -4.13. The maximum Gasteiger partial charge on any atom is 0.342 e. The largest absolute Gasteiger partial charge is 0.460 e. The van der Waals surface area contributed by atoms with Gasteiger partial charge in [0.2, 0.25) is 0 Å². The molecule has 0 spiro atoms. The summed E-state index contributed by atoms with van der Waals surface area (Å²) in [4.78, 5) is 25.3. The van der Waals surface area contributed by atoms with Gasteiger partial charge in [-0.2, -0.15) is 5.10 Å². The fourth-order valence-electron chi connectivity index (χ4n) is 3.38. The van der Waals surface area contributed by atoms with Crippen molar-refractivity contribution in [2.75, 3.05) is 11.9 Å². The maximum atomic E-state index is 12.9. The van der Waals surface area contributed by atoms with Gasteiger partial charge in [0.25, 0.3) is 5.91 Å². The Balaban J connectivity index is 1.55. The van der Waals surface area contributed by atoms with Crippen molar-refractivity contribution in [1.29, 1.82) is 0 Å². The Morgan fingerprint density at radius 2 is 1.69 bits per heavy atom. The molecule has 0 saturated carbocycles. The van der Waals surface area contributed by atoms with Crippen molar-refractivity contribution >= 4 is 17.6 Å². The molecule has 0 aliphatic carbocycles.